The van der Waals surface area contributed by atoms with E-state index >= 15 is 0 Å². The summed E-state index contributed by atoms with van der Waals surface area (Å²) in [5.41, 5.74) is 5.76. The predicted octanol–water partition coefficient (Wildman–Crippen LogP) is 2.73. The van der Waals surface area contributed by atoms with Gasteiger partial charge in [0.2, 0.25) is 0 Å². The molecule has 1 aromatic carbocycles. The van der Waals surface area contributed by atoms with E-state index in [1.54, 1.807) is 6.92 Å². The first-order valence-electron chi connectivity index (χ1n) is 6.21. The first-order chi connectivity index (χ1) is 10.4. The number of rotatable bonds is 4. The van der Waals surface area contributed by atoms with Crippen molar-refractivity contribution >= 4 is 46.7 Å². The Morgan fingerprint density at radius 1 is 1.41 bits per heavy atom. The largest absolute Gasteiger partial charge is 0.462 e. The quantitative estimate of drug-likeness (QED) is 0.740. The van der Waals surface area contributed by atoms with E-state index in [2.05, 4.69) is 15.5 Å². The molecule has 0 aliphatic heterocycles. The highest BCUT2D eigenvalue weighted by Crippen LogP contribution is 2.24. The van der Waals surface area contributed by atoms with Gasteiger partial charge in [0.15, 0.2) is 5.82 Å². The number of nitrogen functional groups attached to an aromatic ring is 1. The first kappa shape index (κ1) is 16.1. The van der Waals surface area contributed by atoms with Crippen LogP contribution in [-0.2, 0) is 4.74 Å². The van der Waals surface area contributed by atoms with Crippen molar-refractivity contribution in [2.24, 2.45) is 0 Å². The molecular formula is C13H12Cl2N4O3. The van der Waals surface area contributed by atoms with Crippen LogP contribution in [0.3, 0.4) is 0 Å². The minimum absolute atomic E-state index is 0.00375. The van der Waals surface area contributed by atoms with E-state index < -0.39 is 11.9 Å². The molecule has 9 heteroatoms. The van der Waals surface area contributed by atoms with Crippen LogP contribution in [0.4, 0.5) is 11.6 Å². The third-order valence-corrected chi connectivity index (χ3v) is 3.23. The van der Waals surface area contributed by atoms with Crippen LogP contribution in [0, 0.1) is 0 Å². The van der Waals surface area contributed by atoms with Crippen LogP contribution >= 0.6 is 23.2 Å². The molecule has 0 aliphatic rings. The van der Waals surface area contributed by atoms with Crippen molar-refractivity contribution in [3.63, 3.8) is 0 Å². The van der Waals surface area contributed by atoms with E-state index in [4.69, 9.17) is 33.7 Å². The average Bonchev–Trinajstić information content (AvgIpc) is 2.79. The highest BCUT2D eigenvalue weighted by atomic mass is 35.5. The summed E-state index contributed by atoms with van der Waals surface area (Å²) in [6.45, 7) is 1.82. The molecule has 1 aromatic heterocycles. The first-order valence-corrected chi connectivity index (χ1v) is 6.97. The fourth-order valence-electron chi connectivity index (χ4n) is 1.70. The summed E-state index contributed by atoms with van der Waals surface area (Å²) >= 11 is 11.7. The minimum Gasteiger partial charge on any atom is -0.462 e. The number of nitrogens with two attached hydrogens (primary N) is 1. The number of hydrogen-bond acceptors (Lipinski definition) is 5. The fraction of sp³-hybridized carbons (Fsp3) is 0.154. The molecular weight excluding hydrogens is 331 g/mol. The number of aromatic amines is 1. The third kappa shape index (κ3) is 3.32. The van der Waals surface area contributed by atoms with E-state index in [0.29, 0.717) is 5.02 Å². The normalized spacial score (nSPS) is 10.3. The summed E-state index contributed by atoms with van der Waals surface area (Å²) < 4.78 is 4.86. The number of ether oxygens (including phenoxy) is 1. The number of H-pyrrole nitrogens is 1. The molecule has 0 saturated carbocycles. The number of anilines is 2. The monoisotopic (exact) mass is 342 g/mol. The number of halogens is 2. The van der Waals surface area contributed by atoms with E-state index in [-0.39, 0.29) is 34.4 Å². The second-order valence-corrected chi connectivity index (χ2v) is 5.00. The van der Waals surface area contributed by atoms with Crippen LogP contribution in [-0.4, -0.2) is 28.7 Å². The van der Waals surface area contributed by atoms with Gasteiger partial charge in [0.1, 0.15) is 11.4 Å². The summed E-state index contributed by atoms with van der Waals surface area (Å²) in [6, 6.07) is 4.41. The highest BCUT2D eigenvalue weighted by Gasteiger charge is 2.22. The van der Waals surface area contributed by atoms with Crippen LogP contribution in [0.25, 0.3) is 0 Å². The van der Waals surface area contributed by atoms with Crippen molar-refractivity contribution < 1.29 is 14.3 Å². The fourth-order valence-corrected chi connectivity index (χ4v) is 2.20. The number of hydrogen-bond donors (Lipinski definition) is 3. The van der Waals surface area contributed by atoms with E-state index in [0.717, 1.165) is 0 Å². The van der Waals surface area contributed by atoms with Crippen molar-refractivity contribution in [2.75, 3.05) is 17.7 Å². The van der Waals surface area contributed by atoms with Crippen LogP contribution < -0.4 is 11.1 Å². The van der Waals surface area contributed by atoms with Gasteiger partial charge in [-0.25, -0.2) is 4.79 Å². The number of nitrogens with one attached hydrogen (secondary N) is 2. The second-order valence-electron chi connectivity index (χ2n) is 4.16. The molecule has 116 valence electrons. The molecule has 0 fully saturated rings. The van der Waals surface area contributed by atoms with Crippen molar-refractivity contribution in [1.82, 2.24) is 10.2 Å². The average molecular weight is 343 g/mol. The number of aromatic nitrogens is 2. The second kappa shape index (κ2) is 6.67. The molecule has 0 atom stereocenters. The summed E-state index contributed by atoms with van der Waals surface area (Å²) in [4.78, 5) is 24.0. The number of carbonyl (C=O) groups excluding carboxylic acids is 2. The summed E-state index contributed by atoms with van der Waals surface area (Å²) in [5.74, 6) is -1.28. The molecule has 0 radical (unpaired) electrons. The Hall–Kier alpha value is -2.25. The lowest BCUT2D eigenvalue weighted by atomic mass is 10.2. The minimum atomic E-state index is -0.689. The molecule has 0 aliphatic carbocycles. The van der Waals surface area contributed by atoms with E-state index in [1.807, 2.05) is 0 Å². The van der Waals surface area contributed by atoms with Gasteiger partial charge in [-0.3, -0.25) is 9.89 Å². The summed E-state index contributed by atoms with van der Waals surface area (Å²) in [7, 11) is 0. The van der Waals surface area contributed by atoms with Gasteiger partial charge in [-0.15, -0.1) is 0 Å². The zero-order chi connectivity index (χ0) is 16.3. The number of carbonyl (C=O) groups is 2. The van der Waals surface area contributed by atoms with Gasteiger partial charge < -0.3 is 15.8 Å². The van der Waals surface area contributed by atoms with Gasteiger partial charge in [-0.1, -0.05) is 23.2 Å². The van der Waals surface area contributed by atoms with E-state index in [9.17, 15) is 9.59 Å². The maximum absolute atomic E-state index is 12.2. The number of benzene rings is 1. The Balaban J connectivity index is 2.27. The number of amides is 1. The van der Waals surface area contributed by atoms with Gasteiger partial charge >= 0.3 is 5.97 Å². The van der Waals surface area contributed by atoms with Gasteiger partial charge in [0.25, 0.3) is 5.91 Å². The van der Waals surface area contributed by atoms with Gasteiger partial charge in [-0.05, 0) is 25.1 Å². The topological polar surface area (TPSA) is 110 Å². The van der Waals surface area contributed by atoms with Crippen LogP contribution in [0.5, 0.6) is 0 Å². The molecule has 0 saturated heterocycles. The van der Waals surface area contributed by atoms with Crippen LogP contribution in [0.1, 0.15) is 27.6 Å². The SMILES string of the molecule is CCOC(=O)c1c(NC(=O)c2ccc(Cl)cc2Cl)n[nH]c1N. The van der Waals surface area contributed by atoms with Crippen molar-refractivity contribution in [2.45, 2.75) is 6.92 Å². The lowest BCUT2D eigenvalue weighted by Gasteiger charge is -2.07. The standard InChI is InChI=1S/C13H12Cl2N4O3/c1-2-22-13(21)9-10(16)18-19-11(9)17-12(20)7-4-3-6(14)5-8(7)15/h3-5H,2H2,1H3,(H4,16,17,18,19,20). The number of esters is 1. The van der Waals surface area contributed by atoms with Crippen molar-refractivity contribution in [1.29, 1.82) is 0 Å². The molecule has 0 bridgehead atoms. The van der Waals surface area contributed by atoms with Gasteiger partial charge in [0.05, 0.1) is 17.2 Å². The molecule has 2 aromatic rings. The Labute approximate surface area is 135 Å². The van der Waals surface area contributed by atoms with Gasteiger partial charge in [0, 0.05) is 5.02 Å². The summed E-state index contributed by atoms with van der Waals surface area (Å²) in [6.07, 6.45) is 0. The molecule has 0 spiro atoms. The Morgan fingerprint density at radius 3 is 2.77 bits per heavy atom. The van der Waals surface area contributed by atoms with Crippen molar-refractivity contribution in [3.8, 4) is 0 Å². The Bertz CT molecular complexity index is 730. The van der Waals surface area contributed by atoms with E-state index in [1.165, 1.54) is 18.2 Å². The molecule has 1 heterocycles. The zero-order valence-corrected chi connectivity index (χ0v) is 13.0. The molecule has 4 N–H and O–H groups in total. The molecule has 2 rings (SSSR count). The van der Waals surface area contributed by atoms with Crippen LogP contribution in [0.15, 0.2) is 18.2 Å². The Morgan fingerprint density at radius 2 is 2.14 bits per heavy atom. The zero-order valence-electron chi connectivity index (χ0n) is 11.4. The van der Waals surface area contributed by atoms with Crippen LogP contribution in [0.2, 0.25) is 10.0 Å². The predicted molar refractivity (Wildman–Crippen MR) is 83.4 cm³/mol. The Kier molecular flexibility index (Phi) is 4.89. The number of nitrogens with zero attached hydrogens (tertiary/aromatic N) is 1. The maximum atomic E-state index is 12.2. The summed E-state index contributed by atoms with van der Waals surface area (Å²) in [5, 5.41) is 9.23. The molecule has 0 unspecified atom stereocenters. The molecule has 22 heavy (non-hydrogen) atoms. The maximum Gasteiger partial charge on any atom is 0.345 e. The lowest BCUT2D eigenvalue weighted by molar-refractivity contribution is 0.0529. The lowest BCUT2D eigenvalue weighted by Crippen LogP contribution is -2.16. The molecule has 7 nitrogen and oxygen atoms in total. The van der Waals surface area contributed by atoms with Crippen molar-refractivity contribution in [3.05, 3.63) is 39.4 Å². The molecule has 1 amide bonds. The highest BCUT2D eigenvalue weighted by molar-refractivity contribution is 6.37. The van der Waals surface area contributed by atoms with Gasteiger partial charge in [-0.2, -0.15) is 5.10 Å². The third-order valence-electron chi connectivity index (χ3n) is 2.68. The smallest absolute Gasteiger partial charge is 0.345 e.